The number of carbonyl (C=O) groups excluding carboxylic acids is 1. The van der Waals surface area contributed by atoms with Crippen LogP contribution in [0.15, 0.2) is 12.7 Å². The van der Waals surface area contributed by atoms with Crippen molar-refractivity contribution in [1.29, 1.82) is 0 Å². The molecule has 0 spiro atoms. The standard InChI is InChI=1S/C14H28N2O/c1-5-6-7-8-16(4)14(17)10-13(11-15)9-12(2)3/h5,12-13H,1,6-11,15H2,2-4H3/t13-/m0/s1. The Morgan fingerprint density at radius 2 is 2.12 bits per heavy atom. The molecule has 100 valence electrons. The first-order chi connectivity index (χ1) is 8.01. The number of carbonyl (C=O) groups is 1. The Kier molecular flexibility index (Phi) is 8.78. The molecule has 0 rings (SSSR count). The quantitative estimate of drug-likeness (QED) is 0.497. The van der Waals surface area contributed by atoms with Crippen LogP contribution in [0.4, 0.5) is 0 Å². The maximum absolute atomic E-state index is 11.9. The SMILES string of the molecule is C=CCCCN(C)C(=O)C[C@@H](CN)CC(C)C. The molecule has 0 aliphatic heterocycles. The molecular formula is C14H28N2O. The zero-order valence-electron chi connectivity index (χ0n) is 11.6. The van der Waals surface area contributed by atoms with Crippen LogP contribution >= 0.6 is 0 Å². The Hall–Kier alpha value is -0.830. The average Bonchev–Trinajstić information content (AvgIpc) is 2.27. The van der Waals surface area contributed by atoms with E-state index in [1.165, 1.54) is 0 Å². The highest BCUT2D eigenvalue weighted by Crippen LogP contribution is 2.15. The zero-order chi connectivity index (χ0) is 13.3. The molecule has 0 radical (unpaired) electrons. The first-order valence-electron chi connectivity index (χ1n) is 6.56. The van der Waals surface area contributed by atoms with Gasteiger partial charge in [0.2, 0.25) is 5.91 Å². The number of amides is 1. The molecular weight excluding hydrogens is 212 g/mol. The molecule has 0 aromatic rings. The number of nitrogens with two attached hydrogens (primary N) is 1. The highest BCUT2D eigenvalue weighted by molar-refractivity contribution is 5.76. The lowest BCUT2D eigenvalue weighted by atomic mass is 9.94. The fourth-order valence-corrected chi connectivity index (χ4v) is 1.93. The monoisotopic (exact) mass is 240 g/mol. The van der Waals surface area contributed by atoms with Crippen LogP contribution in [0.3, 0.4) is 0 Å². The smallest absolute Gasteiger partial charge is 0.222 e. The molecule has 3 heteroatoms. The Balaban J connectivity index is 3.98. The van der Waals surface area contributed by atoms with Gasteiger partial charge in [0.25, 0.3) is 0 Å². The lowest BCUT2D eigenvalue weighted by Gasteiger charge is -2.21. The second-order valence-corrected chi connectivity index (χ2v) is 5.18. The fourth-order valence-electron chi connectivity index (χ4n) is 1.93. The van der Waals surface area contributed by atoms with Gasteiger partial charge in [-0.1, -0.05) is 19.9 Å². The topological polar surface area (TPSA) is 46.3 Å². The van der Waals surface area contributed by atoms with E-state index in [-0.39, 0.29) is 5.91 Å². The van der Waals surface area contributed by atoms with E-state index in [4.69, 9.17) is 5.73 Å². The lowest BCUT2D eigenvalue weighted by Crippen LogP contribution is -2.31. The third kappa shape index (κ3) is 7.97. The van der Waals surface area contributed by atoms with Gasteiger partial charge in [-0.3, -0.25) is 4.79 Å². The van der Waals surface area contributed by atoms with Crippen molar-refractivity contribution in [2.24, 2.45) is 17.6 Å². The maximum atomic E-state index is 11.9. The number of unbranched alkanes of at least 4 members (excludes halogenated alkanes) is 1. The molecule has 0 fully saturated rings. The molecule has 1 amide bonds. The molecule has 0 unspecified atom stereocenters. The fraction of sp³-hybridized carbons (Fsp3) is 0.786. The van der Waals surface area contributed by atoms with Crippen molar-refractivity contribution in [1.82, 2.24) is 4.90 Å². The van der Waals surface area contributed by atoms with Crippen molar-refractivity contribution in [3.63, 3.8) is 0 Å². The minimum atomic E-state index is 0.213. The van der Waals surface area contributed by atoms with E-state index in [0.717, 1.165) is 25.8 Å². The predicted octanol–water partition coefficient (Wildman–Crippen LogP) is 2.42. The van der Waals surface area contributed by atoms with Crippen LogP contribution in [0.25, 0.3) is 0 Å². The molecule has 0 saturated carbocycles. The molecule has 1 atom stereocenters. The third-order valence-electron chi connectivity index (χ3n) is 2.93. The van der Waals surface area contributed by atoms with Gasteiger partial charge in [-0.2, -0.15) is 0 Å². The molecule has 0 saturated heterocycles. The van der Waals surface area contributed by atoms with Crippen LogP contribution in [-0.4, -0.2) is 30.9 Å². The van der Waals surface area contributed by atoms with Crippen LogP contribution in [0.1, 0.15) is 39.5 Å². The molecule has 0 aromatic carbocycles. The van der Waals surface area contributed by atoms with Crippen LogP contribution in [-0.2, 0) is 4.79 Å². The summed E-state index contributed by atoms with van der Waals surface area (Å²) in [4.78, 5) is 13.7. The van der Waals surface area contributed by atoms with Crippen molar-refractivity contribution in [3.8, 4) is 0 Å². The van der Waals surface area contributed by atoms with Gasteiger partial charge < -0.3 is 10.6 Å². The summed E-state index contributed by atoms with van der Waals surface area (Å²) in [6.07, 6.45) is 5.45. The second kappa shape index (κ2) is 9.23. The largest absolute Gasteiger partial charge is 0.346 e. The first kappa shape index (κ1) is 16.2. The van der Waals surface area contributed by atoms with Gasteiger partial charge in [0.05, 0.1) is 0 Å². The highest BCUT2D eigenvalue weighted by atomic mass is 16.2. The van der Waals surface area contributed by atoms with Gasteiger partial charge in [0.1, 0.15) is 0 Å². The molecule has 3 nitrogen and oxygen atoms in total. The van der Waals surface area contributed by atoms with Gasteiger partial charge in [0, 0.05) is 20.0 Å². The highest BCUT2D eigenvalue weighted by Gasteiger charge is 2.16. The molecule has 0 heterocycles. The summed E-state index contributed by atoms with van der Waals surface area (Å²) in [5.74, 6) is 1.14. The van der Waals surface area contributed by atoms with Crippen LogP contribution in [0.2, 0.25) is 0 Å². The van der Waals surface area contributed by atoms with E-state index >= 15 is 0 Å². The van der Waals surface area contributed by atoms with E-state index in [0.29, 0.717) is 24.8 Å². The molecule has 0 bridgehead atoms. The average molecular weight is 240 g/mol. The summed E-state index contributed by atoms with van der Waals surface area (Å²) in [5.41, 5.74) is 5.71. The summed E-state index contributed by atoms with van der Waals surface area (Å²) in [6, 6.07) is 0. The normalized spacial score (nSPS) is 12.5. The van der Waals surface area contributed by atoms with Gasteiger partial charge in [-0.05, 0) is 37.6 Å². The summed E-state index contributed by atoms with van der Waals surface area (Å²) in [5, 5.41) is 0. The van der Waals surface area contributed by atoms with Crippen molar-refractivity contribution in [3.05, 3.63) is 12.7 Å². The first-order valence-corrected chi connectivity index (χ1v) is 6.56. The molecule has 0 aromatic heterocycles. The van der Waals surface area contributed by atoms with Crippen molar-refractivity contribution in [2.75, 3.05) is 20.1 Å². The number of hydrogen-bond donors (Lipinski definition) is 1. The van der Waals surface area contributed by atoms with E-state index < -0.39 is 0 Å². The summed E-state index contributed by atoms with van der Waals surface area (Å²) in [6.45, 7) is 9.42. The van der Waals surface area contributed by atoms with E-state index in [9.17, 15) is 4.79 Å². The zero-order valence-corrected chi connectivity index (χ0v) is 11.6. The number of hydrogen-bond acceptors (Lipinski definition) is 2. The van der Waals surface area contributed by atoms with Crippen LogP contribution in [0, 0.1) is 11.8 Å². The Labute approximate surface area is 106 Å². The van der Waals surface area contributed by atoms with Crippen LogP contribution < -0.4 is 5.73 Å². The lowest BCUT2D eigenvalue weighted by molar-refractivity contribution is -0.131. The minimum Gasteiger partial charge on any atom is -0.346 e. The predicted molar refractivity (Wildman–Crippen MR) is 73.7 cm³/mol. The van der Waals surface area contributed by atoms with E-state index in [2.05, 4.69) is 20.4 Å². The van der Waals surface area contributed by atoms with E-state index in [1.807, 2.05) is 18.0 Å². The number of nitrogens with zero attached hydrogens (tertiary/aromatic N) is 1. The summed E-state index contributed by atoms with van der Waals surface area (Å²) < 4.78 is 0. The van der Waals surface area contributed by atoms with Crippen molar-refractivity contribution in [2.45, 2.75) is 39.5 Å². The van der Waals surface area contributed by atoms with Crippen LogP contribution in [0.5, 0.6) is 0 Å². The van der Waals surface area contributed by atoms with E-state index in [1.54, 1.807) is 0 Å². The Bertz CT molecular complexity index is 226. The minimum absolute atomic E-state index is 0.213. The number of rotatable bonds is 9. The maximum Gasteiger partial charge on any atom is 0.222 e. The van der Waals surface area contributed by atoms with Gasteiger partial charge in [0.15, 0.2) is 0 Å². The summed E-state index contributed by atoms with van der Waals surface area (Å²) >= 11 is 0. The molecule has 2 N–H and O–H groups in total. The van der Waals surface area contributed by atoms with Gasteiger partial charge in [-0.15, -0.1) is 6.58 Å². The third-order valence-corrected chi connectivity index (χ3v) is 2.93. The summed E-state index contributed by atoms with van der Waals surface area (Å²) in [7, 11) is 1.87. The second-order valence-electron chi connectivity index (χ2n) is 5.18. The Morgan fingerprint density at radius 3 is 2.59 bits per heavy atom. The molecule has 0 aliphatic carbocycles. The molecule has 0 aliphatic rings. The molecule has 17 heavy (non-hydrogen) atoms. The van der Waals surface area contributed by atoms with Gasteiger partial charge >= 0.3 is 0 Å². The Morgan fingerprint density at radius 1 is 1.47 bits per heavy atom. The van der Waals surface area contributed by atoms with Crippen molar-refractivity contribution < 1.29 is 4.79 Å². The van der Waals surface area contributed by atoms with Gasteiger partial charge in [-0.25, -0.2) is 0 Å². The number of allylic oxidation sites excluding steroid dienone is 1. The van der Waals surface area contributed by atoms with Crippen molar-refractivity contribution >= 4 is 5.91 Å².